The van der Waals surface area contributed by atoms with Crippen molar-refractivity contribution in [1.29, 1.82) is 5.26 Å². The molecule has 0 bridgehead atoms. The van der Waals surface area contributed by atoms with Crippen LogP contribution in [-0.4, -0.2) is 27.6 Å². The van der Waals surface area contributed by atoms with Crippen LogP contribution in [-0.2, 0) is 6.54 Å². The lowest BCUT2D eigenvalue weighted by atomic mass is 10.2. The molecule has 5 heteroatoms. The molecule has 1 rings (SSSR count). The van der Waals surface area contributed by atoms with Gasteiger partial charge in [0.1, 0.15) is 0 Å². The molecule has 1 atom stereocenters. The van der Waals surface area contributed by atoms with Gasteiger partial charge in [-0.1, -0.05) is 12.1 Å². The molecule has 0 spiro atoms. The van der Waals surface area contributed by atoms with Gasteiger partial charge in [0.15, 0.2) is 0 Å². The highest BCUT2D eigenvalue weighted by Gasteiger charge is 2.01. The van der Waals surface area contributed by atoms with Crippen LogP contribution in [0.4, 0.5) is 0 Å². The molecular formula is C8H13N5. The summed E-state index contributed by atoms with van der Waals surface area (Å²) in [7, 11) is 0. The maximum Gasteiger partial charge on any atom is 0.0950 e. The van der Waals surface area contributed by atoms with E-state index < -0.39 is 0 Å². The van der Waals surface area contributed by atoms with Crippen LogP contribution in [0.1, 0.15) is 13.3 Å². The predicted molar refractivity (Wildman–Crippen MR) is 47.7 cm³/mol. The summed E-state index contributed by atoms with van der Waals surface area (Å²) in [6.07, 6.45) is 4.27. The molecule has 1 aromatic heterocycles. The van der Waals surface area contributed by atoms with E-state index in [1.165, 1.54) is 0 Å². The van der Waals surface area contributed by atoms with E-state index in [2.05, 4.69) is 21.7 Å². The first-order chi connectivity index (χ1) is 6.36. The number of aromatic nitrogens is 3. The van der Waals surface area contributed by atoms with E-state index in [4.69, 9.17) is 5.26 Å². The zero-order chi connectivity index (χ0) is 9.52. The minimum Gasteiger partial charge on any atom is -0.300 e. The molecule has 0 saturated carbocycles. The van der Waals surface area contributed by atoms with Crippen molar-refractivity contribution in [3.05, 3.63) is 12.4 Å². The van der Waals surface area contributed by atoms with Crippen molar-refractivity contribution < 1.29 is 0 Å². The Bertz CT molecular complexity index is 261. The van der Waals surface area contributed by atoms with Crippen LogP contribution in [0.5, 0.6) is 0 Å². The van der Waals surface area contributed by atoms with Gasteiger partial charge >= 0.3 is 0 Å². The molecule has 0 aromatic carbocycles. The van der Waals surface area contributed by atoms with Crippen LogP contribution in [0.15, 0.2) is 12.4 Å². The van der Waals surface area contributed by atoms with Crippen LogP contribution in [0, 0.1) is 11.3 Å². The third kappa shape index (κ3) is 3.22. The summed E-state index contributed by atoms with van der Waals surface area (Å²) in [6.45, 7) is 3.48. The second kappa shape index (κ2) is 5.27. The Morgan fingerprint density at radius 1 is 1.69 bits per heavy atom. The number of nitrogens with zero attached hydrogens (tertiary/aromatic N) is 4. The fraction of sp³-hybridized carbons (Fsp3) is 0.625. The highest BCUT2D eigenvalue weighted by Crippen LogP contribution is 1.87. The van der Waals surface area contributed by atoms with E-state index in [0.717, 1.165) is 19.5 Å². The summed E-state index contributed by atoms with van der Waals surface area (Å²) >= 11 is 0. The Hall–Kier alpha value is -1.41. The molecule has 1 aromatic rings. The summed E-state index contributed by atoms with van der Waals surface area (Å²) in [5.41, 5.74) is 0. The lowest BCUT2D eigenvalue weighted by Gasteiger charge is -2.07. The van der Waals surface area contributed by atoms with Crippen LogP contribution < -0.4 is 5.32 Å². The van der Waals surface area contributed by atoms with Gasteiger partial charge in [0, 0.05) is 12.7 Å². The summed E-state index contributed by atoms with van der Waals surface area (Å²) in [4.78, 5) is 0. The lowest BCUT2D eigenvalue weighted by molar-refractivity contribution is 0.508. The van der Waals surface area contributed by atoms with Crippen molar-refractivity contribution in [3.8, 4) is 6.07 Å². The van der Waals surface area contributed by atoms with Gasteiger partial charge < -0.3 is 5.32 Å². The summed E-state index contributed by atoms with van der Waals surface area (Å²) < 4.78 is 1.73. The average Bonchev–Trinajstić information content (AvgIpc) is 2.65. The summed E-state index contributed by atoms with van der Waals surface area (Å²) in [6, 6.07) is 2.12. The number of hydrogen-bond acceptors (Lipinski definition) is 4. The molecule has 1 unspecified atom stereocenters. The summed E-state index contributed by atoms with van der Waals surface area (Å²) in [5.74, 6) is 0. The standard InChI is InChI=1S/C8H13N5/c1-2-8(7-9)10-3-5-13-6-4-11-12-13/h4,6,8,10H,2-3,5H2,1H3. The fourth-order valence-electron chi connectivity index (χ4n) is 0.987. The third-order valence-corrected chi connectivity index (χ3v) is 1.77. The molecule has 0 aliphatic carbocycles. The van der Waals surface area contributed by atoms with Crippen LogP contribution >= 0.6 is 0 Å². The topological polar surface area (TPSA) is 66.5 Å². The Balaban J connectivity index is 2.18. The SMILES string of the molecule is CCC(C#N)NCCn1ccnn1. The maximum atomic E-state index is 8.64. The predicted octanol–water partition coefficient (Wildman–Crippen LogP) is 0.170. The second-order valence-electron chi connectivity index (χ2n) is 2.71. The van der Waals surface area contributed by atoms with Gasteiger partial charge in [-0.15, -0.1) is 5.10 Å². The van der Waals surface area contributed by atoms with Gasteiger partial charge in [-0.3, -0.25) is 4.68 Å². The first kappa shape index (κ1) is 9.68. The maximum absolute atomic E-state index is 8.64. The Morgan fingerprint density at radius 2 is 2.54 bits per heavy atom. The van der Waals surface area contributed by atoms with Gasteiger partial charge in [0.2, 0.25) is 0 Å². The quantitative estimate of drug-likeness (QED) is 0.699. The van der Waals surface area contributed by atoms with Crippen molar-refractivity contribution in [1.82, 2.24) is 20.3 Å². The Labute approximate surface area is 77.4 Å². The largest absolute Gasteiger partial charge is 0.300 e. The highest BCUT2D eigenvalue weighted by atomic mass is 15.4. The molecule has 0 fully saturated rings. The molecule has 0 aliphatic rings. The van der Waals surface area contributed by atoms with E-state index in [1.54, 1.807) is 17.1 Å². The monoisotopic (exact) mass is 179 g/mol. The smallest absolute Gasteiger partial charge is 0.0950 e. The van der Waals surface area contributed by atoms with Gasteiger partial charge in [-0.25, -0.2) is 0 Å². The normalized spacial score (nSPS) is 12.3. The van der Waals surface area contributed by atoms with Crippen molar-refractivity contribution in [2.45, 2.75) is 25.9 Å². The number of nitriles is 1. The van der Waals surface area contributed by atoms with E-state index in [9.17, 15) is 0 Å². The molecular weight excluding hydrogens is 166 g/mol. The zero-order valence-corrected chi connectivity index (χ0v) is 7.64. The first-order valence-corrected chi connectivity index (χ1v) is 4.34. The first-order valence-electron chi connectivity index (χ1n) is 4.34. The van der Waals surface area contributed by atoms with Crippen LogP contribution in [0.3, 0.4) is 0 Å². The number of rotatable bonds is 5. The van der Waals surface area contributed by atoms with E-state index in [1.807, 2.05) is 6.92 Å². The van der Waals surface area contributed by atoms with Gasteiger partial charge in [-0.2, -0.15) is 5.26 Å². The van der Waals surface area contributed by atoms with E-state index in [-0.39, 0.29) is 6.04 Å². The Morgan fingerprint density at radius 3 is 3.08 bits per heavy atom. The molecule has 0 radical (unpaired) electrons. The van der Waals surface area contributed by atoms with Gasteiger partial charge in [0.25, 0.3) is 0 Å². The minimum absolute atomic E-state index is 0.0523. The molecule has 13 heavy (non-hydrogen) atoms. The van der Waals surface area contributed by atoms with E-state index in [0.29, 0.717) is 0 Å². The molecule has 1 N–H and O–H groups in total. The van der Waals surface area contributed by atoms with Crippen molar-refractivity contribution >= 4 is 0 Å². The number of hydrogen-bond donors (Lipinski definition) is 1. The zero-order valence-electron chi connectivity index (χ0n) is 7.64. The molecule has 1 heterocycles. The second-order valence-corrected chi connectivity index (χ2v) is 2.71. The molecule has 0 amide bonds. The Kier molecular flexibility index (Phi) is 3.93. The molecule has 70 valence electrons. The number of nitrogens with one attached hydrogen (secondary N) is 1. The van der Waals surface area contributed by atoms with Crippen LogP contribution in [0.25, 0.3) is 0 Å². The molecule has 0 saturated heterocycles. The van der Waals surface area contributed by atoms with E-state index >= 15 is 0 Å². The van der Waals surface area contributed by atoms with Gasteiger partial charge in [-0.05, 0) is 6.42 Å². The average molecular weight is 179 g/mol. The van der Waals surface area contributed by atoms with Crippen LogP contribution in [0.2, 0.25) is 0 Å². The lowest BCUT2D eigenvalue weighted by Crippen LogP contribution is -2.30. The molecule has 0 aliphatic heterocycles. The highest BCUT2D eigenvalue weighted by molar-refractivity contribution is 4.88. The minimum atomic E-state index is -0.0523. The third-order valence-electron chi connectivity index (χ3n) is 1.77. The fourth-order valence-corrected chi connectivity index (χ4v) is 0.987. The van der Waals surface area contributed by atoms with Crippen molar-refractivity contribution in [2.24, 2.45) is 0 Å². The van der Waals surface area contributed by atoms with Gasteiger partial charge in [0.05, 0.1) is 24.9 Å². The molecule has 5 nitrogen and oxygen atoms in total. The van der Waals surface area contributed by atoms with Crippen molar-refractivity contribution in [2.75, 3.05) is 6.54 Å². The summed E-state index contributed by atoms with van der Waals surface area (Å²) in [5, 5.41) is 19.2. The van der Waals surface area contributed by atoms with Crippen molar-refractivity contribution in [3.63, 3.8) is 0 Å².